The number of hydrogen-bond donors (Lipinski definition) is 0. The van der Waals surface area contributed by atoms with Crippen molar-refractivity contribution in [2.45, 2.75) is 0 Å². The molecule has 3 rings (SSSR count). The number of carbonyl (C=O) groups excluding carboxylic acids is 1. The summed E-state index contributed by atoms with van der Waals surface area (Å²) in [6.45, 7) is 2.35. The minimum atomic E-state index is -0.777. The molecule has 29 heavy (non-hydrogen) atoms. The van der Waals surface area contributed by atoms with E-state index in [1.165, 1.54) is 19.2 Å². The second-order valence-electron chi connectivity index (χ2n) is 6.05. The number of carbonyl (C=O) groups is 1. The van der Waals surface area contributed by atoms with Crippen LogP contribution in [0.25, 0.3) is 0 Å². The van der Waals surface area contributed by atoms with E-state index >= 15 is 0 Å². The van der Waals surface area contributed by atoms with Crippen LogP contribution in [-0.4, -0.2) is 54.2 Å². The Morgan fingerprint density at radius 1 is 1.24 bits per heavy atom. The van der Waals surface area contributed by atoms with E-state index in [1.807, 2.05) is 4.90 Å². The Bertz CT molecular complexity index is 962. The van der Waals surface area contributed by atoms with Crippen LogP contribution >= 0.6 is 23.8 Å². The van der Waals surface area contributed by atoms with Crippen LogP contribution in [0, 0.1) is 10.1 Å². The number of halogens is 1. The fourth-order valence-corrected chi connectivity index (χ4v) is 3.41. The maximum Gasteiger partial charge on any atom is 0.345 e. The summed E-state index contributed by atoms with van der Waals surface area (Å²) >= 11 is 11.6. The van der Waals surface area contributed by atoms with Gasteiger partial charge in [-0.1, -0.05) is 29.9 Å². The molecule has 152 valence electrons. The van der Waals surface area contributed by atoms with Gasteiger partial charge in [-0.3, -0.25) is 10.1 Å². The quantitative estimate of drug-likeness (QED) is 0.231. The van der Waals surface area contributed by atoms with Crippen LogP contribution in [0.4, 0.5) is 5.69 Å². The molecule has 0 bridgehead atoms. The Morgan fingerprint density at radius 2 is 1.97 bits per heavy atom. The van der Waals surface area contributed by atoms with Crippen LogP contribution < -0.4 is 9.47 Å². The van der Waals surface area contributed by atoms with Gasteiger partial charge in [0.05, 0.1) is 41.4 Å². The average Bonchev–Trinajstić information content (AvgIpc) is 2.73. The summed E-state index contributed by atoms with van der Waals surface area (Å²) < 4.78 is 16.3. The van der Waals surface area contributed by atoms with Gasteiger partial charge in [-0.2, -0.15) is 0 Å². The van der Waals surface area contributed by atoms with E-state index in [2.05, 4.69) is 0 Å². The number of nitro groups is 1. The smallest absolute Gasteiger partial charge is 0.345 e. The lowest BCUT2D eigenvalue weighted by molar-refractivity contribution is -0.384. The van der Waals surface area contributed by atoms with E-state index in [0.29, 0.717) is 42.6 Å². The highest BCUT2D eigenvalue weighted by atomic mass is 35.5. The topological polar surface area (TPSA) is 91.1 Å². The van der Waals surface area contributed by atoms with Crippen molar-refractivity contribution in [3.05, 3.63) is 62.7 Å². The predicted molar refractivity (Wildman–Crippen MR) is 110 cm³/mol. The molecule has 10 heteroatoms. The molecule has 0 amide bonds. The van der Waals surface area contributed by atoms with Crippen molar-refractivity contribution < 1.29 is 23.9 Å². The molecule has 0 atom stereocenters. The van der Waals surface area contributed by atoms with Crippen LogP contribution in [-0.2, 0) is 4.74 Å². The van der Waals surface area contributed by atoms with Crippen LogP contribution in [0.1, 0.15) is 15.9 Å². The number of benzene rings is 2. The molecule has 2 aromatic rings. The van der Waals surface area contributed by atoms with Crippen LogP contribution in [0.5, 0.6) is 11.5 Å². The Morgan fingerprint density at radius 3 is 2.59 bits per heavy atom. The number of para-hydroxylation sites is 1. The predicted octanol–water partition coefficient (Wildman–Crippen LogP) is 3.48. The molecule has 0 aromatic heterocycles. The van der Waals surface area contributed by atoms with E-state index in [0.717, 1.165) is 6.07 Å². The Hall–Kier alpha value is -2.75. The van der Waals surface area contributed by atoms with Crippen molar-refractivity contribution >= 4 is 40.5 Å². The van der Waals surface area contributed by atoms with Gasteiger partial charge in [-0.05, 0) is 18.2 Å². The van der Waals surface area contributed by atoms with Gasteiger partial charge >= 0.3 is 5.97 Å². The fourth-order valence-electron chi connectivity index (χ4n) is 2.82. The van der Waals surface area contributed by atoms with Gasteiger partial charge in [0.1, 0.15) is 4.99 Å². The molecule has 1 saturated heterocycles. The highest BCUT2D eigenvalue weighted by Crippen LogP contribution is 2.34. The van der Waals surface area contributed by atoms with E-state index < -0.39 is 10.9 Å². The molecule has 8 nitrogen and oxygen atoms in total. The minimum Gasteiger partial charge on any atom is -0.493 e. The SMILES string of the molecule is COc1cccc(C(=S)N2CCOCC2)c1OC(=O)c1ccc([N+](=O)[O-])cc1Cl. The molecule has 2 aromatic carbocycles. The van der Waals surface area contributed by atoms with Gasteiger partial charge in [0, 0.05) is 25.2 Å². The van der Waals surface area contributed by atoms with E-state index in [4.69, 9.17) is 38.0 Å². The standard InChI is InChI=1S/C19H17ClN2O6S/c1-26-16-4-2-3-14(18(29)21-7-9-27-10-8-21)17(16)28-19(23)13-6-5-12(22(24)25)11-15(13)20/h2-6,11H,7-10H2,1H3. The van der Waals surface area contributed by atoms with E-state index in [1.54, 1.807) is 18.2 Å². The van der Waals surface area contributed by atoms with Crippen molar-refractivity contribution in [1.29, 1.82) is 0 Å². The number of nitrogens with zero attached hydrogens (tertiary/aromatic N) is 2. The first kappa shape index (κ1) is 21.0. The van der Waals surface area contributed by atoms with Crippen molar-refractivity contribution in [1.82, 2.24) is 4.90 Å². The second-order valence-corrected chi connectivity index (χ2v) is 6.85. The molecule has 0 spiro atoms. The maximum atomic E-state index is 12.7. The van der Waals surface area contributed by atoms with Gasteiger partial charge in [0.15, 0.2) is 11.5 Å². The Balaban J connectivity index is 1.92. The number of methoxy groups -OCH3 is 1. The van der Waals surface area contributed by atoms with Gasteiger partial charge in [-0.15, -0.1) is 0 Å². The number of rotatable bonds is 5. The summed E-state index contributed by atoms with van der Waals surface area (Å²) in [6, 6.07) is 8.66. The molecular weight excluding hydrogens is 420 g/mol. The molecule has 0 unspecified atom stereocenters. The number of nitro benzene ring substituents is 1. The molecule has 0 aliphatic carbocycles. The number of ether oxygens (including phenoxy) is 3. The van der Waals surface area contributed by atoms with E-state index in [9.17, 15) is 14.9 Å². The maximum absolute atomic E-state index is 12.7. The Kier molecular flexibility index (Phi) is 6.63. The van der Waals surface area contributed by atoms with Crippen molar-refractivity contribution in [3.8, 4) is 11.5 Å². The first-order chi connectivity index (χ1) is 13.9. The number of thiocarbonyl (C=S) groups is 1. The summed E-state index contributed by atoms with van der Waals surface area (Å²) in [5, 5.41) is 10.8. The lowest BCUT2D eigenvalue weighted by Crippen LogP contribution is -2.40. The van der Waals surface area contributed by atoms with Crippen molar-refractivity contribution in [2.75, 3.05) is 33.4 Å². The molecule has 1 heterocycles. The molecule has 1 fully saturated rings. The summed E-state index contributed by atoms with van der Waals surface area (Å²) in [5.41, 5.74) is 0.289. The van der Waals surface area contributed by atoms with Crippen LogP contribution in [0.2, 0.25) is 5.02 Å². The van der Waals surface area contributed by atoms with Gasteiger partial charge in [0.2, 0.25) is 0 Å². The summed E-state index contributed by atoms with van der Waals surface area (Å²) in [6.07, 6.45) is 0. The normalized spacial score (nSPS) is 13.7. The lowest BCUT2D eigenvalue weighted by atomic mass is 10.1. The highest BCUT2D eigenvalue weighted by molar-refractivity contribution is 7.80. The third-order valence-electron chi connectivity index (χ3n) is 4.31. The fraction of sp³-hybridized carbons (Fsp3) is 0.263. The zero-order valence-electron chi connectivity index (χ0n) is 15.4. The van der Waals surface area contributed by atoms with Gasteiger partial charge in [0.25, 0.3) is 5.69 Å². The van der Waals surface area contributed by atoms with Gasteiger partial charge in [-0.25, -0.2) is 4.79 Å². The molecule has 0 saturated carbocycles. The molecule has 1 aliphatic rings. The molecule has 0 radical (unpaired) electrons. The molecular formula is C19H17ClN2O6S. The van der Waals surface area contributed by atoms with Crippen LogP contribution in [0.3, 0.4) is 0 Å². The number of esters is 1. The average molecular weight is 437 g/mol. The van der Waals surface area contributed by atoms with Gasteiger partial charge < -0.3 is 19.1 Å². The van der Waals surface area contributed by atoms with Crippen molar-refractivity contribution in [2.24, 2.45) is 0 Å². The molecule has 1 aliphatic heterocycles. The summed E-state index contributed by atoms with van der Waals surface area (Å²) in [4.78, 5) is 25.5. The summed E-state index contributed by atoms with van der Waals surface area (Å²) in [7, 11) is 1.45. The van der Waals surface area contributed by atoms with Crippen molar-refractivity contribution in [3.63, 3.8) is 0 Å². The van der Waals surface area contributed by atoms with Crippen LogP contribution in [0.15, 0.2) is 36.4 Å². The zero-order chi connectivity index (χ0) is 21.0. The number of non-ortho nitro benzene ring substituents is 1. The largest absolute Gasteiger partial charge is 0.493 e. The third-order valence-corrected chi connectivity index (χ3v) is 5.10. The second kappa shape index (κ2) is 9.17. The minimum absolute atomic E-state index is 0.00795. The first-order valence-corrected chi connectivity index (χ1v) is 9.41. The number of hydrogen-bond acceptors (Lipinski definition) is 7. The monoisotopic (exact) mass is 436 g/mol. The highest BCUT2D eigenvalue weighted by Gasteiger charge is 2.24. The molecule has 0 N–H and O–H groups in total. The number of morpholine rings is 1. The summed E-state index contributed by atoms with van der Waals surface area (Å²) in [5.74, 6) is -0.296. The third kappa shape index (κ3) is 4.64. The first-order valence-electron chi connectivity index (χ1n) is 8.62. The lowest BCUT2D eigenvalue weighted by Gasteiger charge is -2.30. The Labute approximate surface area is 177 Å². The van der Waals surface area contributed by atoms with E-state index in [-0.39, 0.29) is 22.0 Å². The zero-order valence-corrected chi connectivity index (χ0v) is 17.0.